The fraction of sp³-hybridized carbons (Fsp3) is 0. The molecule has 0 atom stereocenters. The average molecular weight is 455 g/mol. The van der Waals surface area contributed by atoms with Gasteiger partial charge in [0.1, 0.15) is 0 Å². The third-order valence-electron chi connectivity index (χ3n) is 4.67. The first-order chi connectivity index (χ1) is 14.8. The summed E-state index contributed by atoms with van der Waals surface area (Å²) in [7, 11) is 0. The number of nitrogens with zero attached hydrogens (tertiary/aromatic N) is 1. The molecule has 1 heterocycles. The lowest BCUT2D eigenvalue weighted by Crippen LogP contribution is -2.29. The van der Waals surface area contributed by atoms with Crippen LogP contribution in [0.1, 0.15) is 41.4 Å². The summed E-state index contributed by atoms with van der Waals surface area (Å²) in [6.07, 6.45) is 0. The number of hydrogen-bond donors (Lipinski definition) is 2. The van der Waals surface area contributed by atoms with E-state index < -0.39 is 23.7 Å². The second-order valence-corrected chi connectivity index (χ2v) is 7.51. The maximum atomic E-state index is 12.8. The van der Waals surface area contributed by atoms with Crippen LogP contribution in [0.15, 0.2) is 60.7 Å². The molecule has 3 aromatic carbocycles. The van der Waals surface area contributed by atoms with E-state index in [9.17, 15) is 24.3 Å². The molecule has 9 heteroatoms. The Labute approximate surface area is 185 Å². The van der Waals surface area contributed by atoms with Gasteiger partial charge in [0.15, 0.2) is 0 Å². The van der Waals surface area contributed by atoms with Crippen LogP contribution in [0.2, 0.25) is 10.0 Å². The Morgan fingerprint density at radius 3 is 2.23 bits per heavy atom. The van der Waals surface area contributed by atoms with Gasteiger partial charge >= 0.3 is 5.97 Å². The predicted molar refractivity (Wildman–Crippen MR) is 115 cm³/mol. The maximum Gasteiger partial charge on any atom is 0.336 e. The van der Waals surface area contributed by atoms with Crippen LogP contribution >= 0.6 is 23.2 Å². The summed E-state index contributed by atoms with van der Waals surface area (Å²) in [5, 5.41) is 12.4. The molecule has 154 valence electrons. The van der Waals surface area contributed by atoms with Gasteiger partial charge in [-0.05, 0) is 54.6 Å². The molecule has 0 bridgehead atoms. The van der Waals surface area contributed by atoms with Crippen molar-refractivity contribution in [3.05, 3.63) is 93.0 Å². The Balaban J connectivity index is 1.64. The summed E-state index contributed by atoms with van der Waals surface area (Å²) < 4.78 is 0. The molecule has 2 N–H and O–H groups in total. The van der Waals surface area contributed by atoms with Crippen LogP contribution in [0.4, 0.5) is 11.4 Å². The minimum absolute atomic E-state index is 0.124. The molecule has 3 aromatic rings. The van der Waals surface area contributed by atoms with Crippen LogP contribution < -0.4 is 10.2 Å². The van der Waals surface area contributed by atoms with Crippen LogP contribution in [0.3, 0.4) is 0 Å². The number of rotatable bonds is 4. The number of hydrogen-bond acceptors (Lipinski definition) is 4. The summed E-state index contributed by atoms with van der Waals surface area (Å²) in [5.41, 5.74) is 0.583. The lowest BCUT2D eigenvalue weighted by molar-refractivity contribution is 0.0692. The van der Waals surface area contributed by atoms with Crippen molar-refractivity contribution in [2.75, 3.05) is 10.2 Å². The minimum Gasteiger partial charge on any atom is -0.478 e. The number of carbonyl (C=O) groups is 4. The molecule has 0 radical (unpaired) electrons. The highest BCUT2D eigenvalue weighted by atomic mass is 35.5. The Kier molecular flexibility index (Phi) is 5.22. The summed E-state index contributed by atoms with van der Waals surface area (Å²) in [6.45, 7) is 0. The van der Waals surface area contributed by atoms with Crippen LogP contribution in [-0.2, 0) is 0 Å². The minimum atomic E-state index is -1.28. The Hall–Kier alpha value is -3.68. The fourth-order valence-corrected chi connectivity index (χ4v) is 3.60. The largest absolute Gasteiger partial charge is 0.478 e. The molecule has 4 rings (SSSR count). The molecular weight excluding hydrogens is 443 g/mol. The molecule has 0 saturated carbocycles. The molecule has 0 unspecified atom stereocenters. The Morgan fingerprint density at radius 2 is 1.48 bits per heavy atom. The van der Waals surface area contributed by atoms with E-state index in [1.807, 2.05) is 0 Å². The number of aromatic carboxylic acids is 1. The quantitative estimate of drug-likeness (QED) is 0.553. The maximum absolute atomic E-state index is 12.8. The normalized spacial score (nSPS) is 12.6. The lowest BCUT2D eigenvalue weighted by Gasteiger charge is -2.15. The van der Waals surface area contributed by atoms with Crippen molar-refractivity contribution in [3.8, 4) is 0 Å². The van der Waals surface area contributed by atoms with Gasteiger partial charge < -0.3 is 10.4 Å². The first kappa shape index (κ1) is 20.6. The first-order valence-corrected chi connectivity index (χ1v) is 9.64. The molecule has 0 fully saturated rings. The summed E-state index contributed by atoms with van der Waals surface area (Å²) in [5.74, 6) is -3.02. The number of imide groups is 1. The van der Waals surface area contributed by atoms with Gasteiger partial charge in [0, 0.05) is 15.7 Å². The molecule has 7 nitrogen and oxygen atoms in total. The second-order valence-electron chi connectivity index (χ2n) is 6.64. The zero-order chi connectivity index (χ0) is 22.3. The van der Waals surface area contributed by atoms with Crippen LogP contribution in [0.5, 0.6) is 0 Å². The van der Waals surface area contributed by atoms with Gasteiger partial charge in [-0.2, -0.15) is 0 Å². The van der Waals surface area contributed by atoms with E-state index in [-0.39, 0.29) is 38.7 Å². The molecule has 3 amide bonds. The van der Waals surface area contributed by atoms with Gasteiger partial charge in [-0.3, -0.25) is 14.4 Å². The van der Waals surface area contributed by atoms with Gasteiger partial charge in [0.25, 0.3) is 17.7 Å². The molecule has 0 saturated heterocycles. The van der Waals surface area contributed by atoms with Crippen molar-refractivity contribution in [1.82, 2.24) is 0 Å². The molecule has 31 heavy (non-hydrogen) atoms. The monoisotopic (exact) mass is 454 g/mol. The molecule has 0 aliphatic carbocycles. The van der Waals surface area contributed by atoms with E-state index in [0.717, 1.165) is 4.90 Å². The summed E-state index contributed by atoms with van der Waals surface area (Å²) >= 11 is 11.8. The van der Waals surface area contributed by atoms with E-state index in [4.69, 9.17) is 23.2 Å². The van der Waals surface area contributed by atoms with E-state index in [1.54, 1.807) is 18.2 Å². The number of fused-ring (bicyclic) bond motifs is 1. The SMILES string of the molecule is O=C(O)c1ccc(Cl)cc1C(=O)Nc1cccc(N2C(=O)c3ccc(Cl)cc3C2=O)c1. The van der Waals surface area contributed by atoms with E-state index in [1.165, 1.54) is 42.5 Å². The van der Waals surface area contributed by atoms with Crippen molar-refractivity contribution in [1.29, 1.82) is 0 Å². The van der Waals surface area contributed by atoms with Gasteiger partial charge in [-0.15, -0.1) is 0 Å². The van der Waals surface area contributed by atoms with Crippen LogP contribution in [0.25, 0.3) is 0 Å². The fourth-order valence-electron chi connectivity index (χ4n) is 3.26. The average Bonchev–Trinajstić information content (AvgIpc) is 2.97. The first-order valence-electron chi connectivity index (χ1n) is 8.89. The van der Waals surface area contributed by atoms with E-state index in [0.29, 0.717) is 5.02 Å². The van der Waals surface area contributed by atoms with Crippen LogP contribution in [0, 0.1) is 0 Å². The number of halogens is 2. The third-order valence-corrected chi connectivity index (χ3v) is 5.14. The zero-order valence-corrected chi connectivity index (χ0v) is 17.1. The van der Waals surface area contributed by atoms with Crippen molar-refractivity contribution in [2.24, 2.45) is 0 Å². The number of carboxylic acid groups (broad SMARTS) is 1. The number of nitrogens with one attached hydrogen (secondary N) is 1. The van der Waals surface area contributed by atoms with E-state index in [2.05, 4.69) is 5.32 Å². The zero-order valence-electron chi connectivity index (χ0n) is 15.6. The number of benzene rings is 3. The summed E-state index contributed by atoms with van der Waals surface area (Å²) in [4.78, 5) is 50.5. The highest BCUT2D eigenvalue weighted by Gasteiger charge is 2.36. The molecule has 0 spiro atoms. The van der Waals surface area contributed by atoms with Gasteiger partial charge in [-0.25, -0.2) is 9.69 Å². The highest BCUT2D eigenvalue weighted by Crippen LogP contribution is 2.31. The molecular formula is C22H12Cl2N2O5. The van der Waals surface area contributed by atoms with Crippen molar-refractivity contribution < 1.29 is 24.3 Å². The number of carbonyl (C=O) groups excluding carboxylic acids is 3. The van der Waals surface area contributed by atoms with Crippen molar-refractivity contribution >= 4 is 58.3 Å². The van der Waals surface area contributed by atoms with Gasteiger partial charge in [0.05, 0.1) is 27.9 Å². The molecule has 0 aromatic heterocycles. The standard InChI is InChI=1S/C22H12Cl2N2O5/c23-11-5-7-16(22(30)31)17(8-11)19(27)25-13-2-1-3-14(10-13)26-20(28)15-6-4-12(24)9-18(15)21(26)29/h1-10H,(H,25,27)(H,30,31). The lowest BCUT2D eigenvalue weighted by atomic mass is 10.1. The number of anilines is 2. The van der Waals surface area contributed by atoms with Crippen molar-refractivity contribution in [3.63, 3.8) is 0 Å². The van der Waals surface area contributed by atoms with Gasteiger partial charge in [0.2, 0.25) is 0 Å². The Bertz CT molecular complexity index is 1290. The summed E-state index contributed by atoms with van der Waals surface area (Å²) in [6, 6.07) is 14.4. The number of carboxylic acids is 1. The van der Waals surface area contributed by atoms with Crippen molar-refractivity contribution in [2.45, 2.75) is 0 Å². The third kappa shape index (κ3) is 3.76. The van der Waals surface area contributed by atoms with E-state index >= 15 is 0 Å². The molecule has 1 aliphatic rings. The predicted octanol–water partition coefficient (Wildman–Crippen LogP) is 4.74. The van der Waals surface area contributed by atoms with Gasteiger partial charge in [-0.1, -0.05) is 29.3 Å². The topological polar surface area (TPSA) is 104 Å². The Morgan fingerprint density at radius 1 is 0.806 bits per heavy atom. The number of amides is 3. The molecule has 1 aliphatic heterocycles. The smallest absolute Gasteiger partial charge is 0.336 e. The second kappa shape index (κ2) is 7.86. The highest BCUT2D eigenvalue weighted by molar-refractivity contribution is 6.37. The van der Waals surface area contributed by atoms with Crippen LogP contribution in [-0.4, -0.2) is 28.8 Å².